The van der Waals surface area contributed by atoms with Gasteiger partial charge in [0.25, 0.3) is 5.78 Å². The SMILES string of the molecule is Cc1cc(C)n2nc(SCC(=O)NC(=O)N[C@@H]3CCC[C@@H](C)[C@@H]3C)nc2n1. The molecule has 3 rings (SSSR count). The molecule has 3 amide bonds. The molecule has 0 bridgehead atoms. The van der Waals surface area contributed by atoms with Crippen LogP contribution in [0.3, 0.4) is 0 Å². The van der Waals surface area contributed by atoms with Gasteiger partial charge in [-0.25, -0.2) is 14.3 Å². The van der Waals surface area contributed by atoms with Gasteiger partial charge in [-0.15, -0.1) is 5.10 Å². The number of carbonyl (C=O) groups is 2. The van der Waals surface area contributed by atoms with Crippen LogP contribution in [0.15, 0.2) is 11.2 Å². The summed E-state index contributed by atoms with van der Waals surface area (Å²) < 4.78 is 1.64. The highest BCUT2D eigenvalue weighted by atomic mass is 32.2. The van der Waals surface area contributed by atoms with Crippen molar-refractivity contribution in [3.63, 3.8) is 0 Å². The molecule has 8 nitrogen and oxygen atoms in total. The van der Waals surface area contributed by atoms with Gasteiger partial charge in [-0.1, -0.05) is 38.5 Å². The van der Waals surface area contributed by atoms with Gasteiger partial charge in [0.2, 0.25) is 11.1 Å². The molecule has 2 heterocycles. The first-order valence-corrected chi connectivity index (χ1v) is 10.3. The Balaban J connectivity index is 1.51. The number of nitrogens with zero attached hydrogens (tertiary/aromatic N) is 4. The third kappa shape index (κ3) is 4.77. The summed E-state index contributed by atoms with van der Waals surface area (Å²) in [6.07, 6.45) is 3.25. The molecule has 0 unspecified atom stereocenters. The van der Waals surface area contributed by atoms with Crippen LogP contribution in [0.2, 0.25) is 0 Å². The number of nitrogens with one attached hydrogen (secondary N) is 2. The Labute approximate surface area is 162 Å². The van der Waals surface area contributed by atoms with Crippen LogP contribution in [0, 0.1) is 25.7 Å². The van der Waals surface area contributed by atoms with Crippen LogP contribution in [0.1, 0.15) is 44.5 Å². The Hall–Kier alpha value is -2.16. The monoisotopic (exact) mass is 390 g/mol. The Kier molecular flexibility index (Phi) is 5.98. The van der Waals surface area contributed by atoms with Crippen molar-refractivity contribution >= 4 is 29.5 Å². The first kappa shape index (κ1) is 19.6. The minimum atomic E-state index is -0.428. The number of aromatic nitrogens is 4. The Bertz CT molecular complexity index is 852. The zero-order chi connectivity index (χ0) is 19.6. The van der Waals surface area contributed by atoms with E-state index < -0.39 is 6.03 Å². The van der Waals surface area contributed by atoms with Crippen molar-refractivity contribution in [2.24, 2.45) is 11.8 Å². The second-order valence-corrected chi connectivity index (χ2v) is 8.27. The predicted octanol–water partition coefficient (Wildman–Crippen LogP) is 2.48. The van der Waals surface area contributed by atoms with Crippen LogP contribution in [0.5, 0.6) is 0 Å². The highest BCUT2D eigenvalue weighted by molar-refractivity contribution is 7.99. The van der Waals surface area contributed by atoms with E-state index in [0.717, 1.165) is 24.2 Å². The summed E-state index contributed by atoms with van der Waals surface area (Å²) in [6, 6.07) is 1.61. The van der Waals surface area contributed by atoms with Crippen LogP contribution in [0.25, 0.3) is 5.78 Å². The van der Waals surface area contributed by atoms with Crippen LogP contribution < -0.4 is 10.6 Å². The number of thioether (sulfide) groups is 1. The molecule has 146 valence electrons. The van der Waals surface area contributed by atoms with Gasteiger partial charge < -0.3 is 5.32 Å². The summed E-state index contributed by atoms with van der Waals surface area (Å²) in [5.41, 5.74) is 1.79. The average molecular weight is 391 g/mol. The molecule has 0 radical (unpaired) electrons. The highest BCUT2D eigenvalue weighted by Crippen LogP contribution is 2.29. The van der Waals surface area contributed by atoms with Gasteiger partial charge in [-0.2, -0.15) is 4.98 Å². The van der Waals surface area contributed by atoms with Crippen molar-refractivity contribution in [2.45, 2.75) is 58.2 Å². The maximum atomic E-state index is 12.1. The molecule has 27 heavy (non-hydrogen) atoms. The molecule has 2 aromatic rings. The fraction of sp³-hybridized carbons (Fsp3) is 0.611. The lowest BCUT2D eigenvalue weighted by molar-refractivity contribution is -0.117. The smallest absolute Gasteiger partial charge is 0.321 e. The van der Waals surface area contributed by atoms with Gasteiger partial charge in [0.1, 0.15) is 0 Å². The predicted molar refractivity (Wildman–Crippen MR) is 104 cm³/mol. The molecule has 0 aromatic carbocycles. The molecule has 3 atom stereocenters. The first-order valence-electron chi connectivity index (χ1n) is 9.27. The maximum absolute atomic E-state index is 12.1. The summed E-state index contributed by atoms with van der Waals surface area (Å²) in [5.74, 6) is 1.20. The number of aryl methyl sites for hydroxylation is 2. The minimum Gasteiger partial charge on any atom is -0.335 e. The van der Waals surface area contributed by atoms with E-state index in [-0.39, 0.29) is 17.7 Å². The molecule has 1 saturated carbocycles. The van der Waals surface area contributed by atoms with E-state index >= 15 is 0 Å². The second-order valence-electron chi connectivity index (χ2n) is 7.33. The number of amides is 3. The summed E-state index contributed by atoms with van der Waals surface area (Å²) in [7, 11) is 0. The number of urea groups is 1. The van der Waals surface area contributed by atoms with Crippen LogP contribution in [0.4, 0.5) is 4.79 Å². The summed E-state index contributed by atoms with van der Waals surface area (Å²) in [6.45, 7) is 8.18. The summed E-state index contributed by atoms with van der Waals surface area (Å²) in [5, 5.41) is 10.1. The zero-order valence-corrected chi connectivity index (χ0v) is 17.0. The molecule has 1 aliphatic rings. The van der Waals surface area contributed by atoms with Crippen molar-refractivity contribution in [3.05, 3.63) is 17.5 Å². The van der Waals surface area contributed by atoms with Gasteiger partial charge in [0, 0.05) is 17.4 Å². The van der Waals surface area contributed by atoms with Crippen molar-refractivity contribution in [1.29, 1.82) is 0 Å². The van der Waals surface area contributed by atoms with Gasteiger partial charge in [-0.3, -0.25) is 10.1 Å². The zero-order valence-electron chi connectivity index (χ0n) is 16.2. The number of fused-ring (bicyclic) bond motifs is 1. The Morgan fingerprint density at radius 2 is 2.04 bits per heavy atom. The lowest BCUT2D eigenvalue weighted by Crippen LogP contribution is -2.49. The number of hydrogen-bond acceptors (Lipinski definition) is 6. The lowest BCUT2D eigenvalue weighted by Gasteiger charge is -2.34. The molecule has 0 aliphatic heterocycles. The van der Waals surface area contributed by atoms with E-state index in [1.54, 1.807) is 4.52 Å². The number of hydrogen-bond donors (Lipinski definition) is 2. The van der Waals surface area contributed by atoms with Crippen molar-refractivity contribution in [2.75, 3.05) is 5.75 Å². The molecule has 1 fully saturated rings. The van der Waals surface area contributed by atoms with E-state index in [0.29, 0.717) is 22.8 Å². The summed E-state index contributed by atoms with van der Waals surface area (Å²) in [4.78, 5) is 32.8. The molecule has 2 N–H and O–H groups in total. The van der Waals surface area contributed by atoms with Gasteiger partial charge in [0.05, 0.1) is 5.75 Å². The minimum absolute atomic E-state index is 0.0684. The quantitative estimate of drug-likeness (QED) is 0.778. The highest BCUT2D eigenvalue weighted by Gasteiger charge is 2.28. The van der Waals surface area contributed by atoms with Crippen molar-refractivity contribution < 1.29 is 9.59 Å². The molecule has 1 aliphatic carbocycles. The lowest BCUT2D eigenvalue weighted by atomic mass is 9.78. The topological polar surface area (TPSA) is 101 Å². The van der Waals surface area contributed by atoms with E-state index in [2.05, 4.69) is 39.5 Å². The molecule has 2 aromatic heterocycles. The second kappa shape index (κ2) is 8.24. The largest absolute Gasteiger partial charge is 0.335 e. The van der Waals surface area contributed by atoms with Gasteiger partial charge in [0.15, 0.2) is 0 Å². The van der Waals surface area contributed by atoms with Gasteiger partial charge >= 0.3 is 6.03 Å². The fourth-order valence-corrected chi connectivity index (χ4v) is 4.11. The third-order valence-electron chi connectivity index (χ3n) is 5.21. The number of imide groups is 1. The first-order chi connectivity index (χ1) is 12.8. The molecular formula is C18H26N6O2S. The average Bonchev–Trinajstić information content (AvgIpc) is 3.00. The maximum Gasteiger partial charge on any atom is 0.321 e. The van der Waals surface area contributed by atoms with Crippen molar-refractivity contribution in [1.82, 2.24) is 30.2 Å². The van der Waals surface area contributed by atoms with Crippen LogP contribution in [-0.4, -0.2) is 43.3 Å². The normalized spacial score (nSPS) is 22.6. The Morgan fingerprint density at radius 3 is 2.81 bits per heavy atom. The third-order valence-corrected chi connectivity index (χ3v) is 6.05. The fourth-order valence-electron chi connectivity index (χ4n) is 3.49. The molecule has 9 heteroatoms. The number of carbonyl (C=O) groups excluding carboxylic acids is 2. The standard InChI is InChI=1S/C18H26N6O2S/c1-10-6-5-7-14(13(10)4)20-17(26)21-15(25)9-27-18-22-16-19-11(2)8-12(3)24(16)23-18/h8,10,13-14H,5-7,9H2,1-4H3,(H2,20,21,25,26)/t10-,13+,14-/m1/s1. The van der Waals surface area contributed by atoms with E-state index in [4.69, 9.17) is 0 Å². The van der Waals surface area contributed by atoms with Crippen LogP contribution in [-0.2, 0) is 4.79 Å². The number of rotatable bonds is 4. The van der Waals surface area contributed by atoms with E-state index in [9.17, 15) is 9.59 Å². The summed E-state index contributed by atoms with van der Waals surface area (Å²) >= 11 is 1.18. The van der Waals surface area contributed by atoms with Crippen molar-refractivity contribution in [3.8, 4) is 0 Å². The van der Waals surface area contributed by atoms with Gasteiger partial charge in [-0.05, 0) is 38.2 Å². The Morgan fingerprint density at radius 1 is 1.26 bits per heavy atom. The molecule has 0 saturated heterocycles. The van der Waals surface area contributed by atoms with Crippen LogP contribution >= 0.6 is 11.8 Å². The van der Waals surface area contributed by atoms with E-state index in [1.807, 2.05) is 19.9 Å². The molecule has 0 spiro atoms. The van der Waals surface area contributed by atoms with E-state index in [1.165, 1.54) is 18.2 Å². The molecular weight excluding hydrogens is 364 g/mol.